The molecule has 2 amide bonds. The van der Waals surface area contributed by atoms with Gasteiger partial charge in [0.2, 0.25) is 5.91 Å². The quantitative estimate of drug-likeness (QED) is 0.804. The first kappa shape index (κ1) is 19.8. The highest BCUT2D eigenvalue weighted by Crippen LogP contribution is 2.33. The minimum Gasteiger partial charge on any atom is -0.343 e. The summed E-state index contributed by atoms with van der Waals surface area (Å²) in [7, 11) is 1.79. The number of carbonyl (C=O) groups is 2. The molecule has 1 saturated carbocycles. The van der Waals surface area contributed by atoms with E-state index in [1.54, 1.807) is 13.2 Å². The second kappa shape index (κ2) is 8.83. The summed E-state index contributed by atoms with van der Waals surface area (Å²) < 4.78 is 0. The molecule has 148 valence electrons. The normalized spacial score (nSPS) is 22.2. The molecule has 0 aromatic carbocycles. The van der Waals surface area contributed by atoms with E-state index >= 15 is 0 Å². The second-order valence-corrected chi connectivity index (χ2v) is 7.88. The predicted molar refractivity (Wildman–Crippen MR) is 107 cm³/mol. The highest BCUT2D eigenvalue weighted by Gasteiger charge is 2.40. The standard InChI is InChI=1S/C21H32N4O2/c1-4-17(22-3)20(26)24-18(15-9-6-5-7-10-15)21(27)25-14(2)13-16-11-8-12-23-19(16)25/h8,11-12,14-15,17-18,22H,4-7,9-10,13H2,1-3H3,(H,24,26)/t14?,17-,18?/m0/s1. The fraction of sp³-hybridized carbons (Fsp3) is 0.667. The summed E-state index contributed by atoms with van der Waals surface area (Å²) in [5.74, 6) is 0.860. The molecule has 0 radical (unpaired) electrons. The number of nitrogens with zero attached hydrogens (tertiary/aromatic N) is 2. The fourth-order valence-corrected chi connectivity index (χ4v) is 4.52. The molecule has 1 aromatic rings. The van der Waals surface area contributed by atoms with Crippen LogP contribution in [-0.2, 0) is 16.0 Å². The zero-order valence-electron chi connectivity index (χ0n) is 16.7. The summed E-state index contributed by atoms with van der Waals surface area (Å²) in [5, 5.41) is 6.14. The molecule has 1 aliphatic carbocycles. The van der Waals surface area contributed by atoms with Crippen molar-refractivity contribution in [1.82, 2.24) is 15.6 Å². The van der Waals surface area contributed by atoms with Crippen LogP contribution in [0.5, 0.6) is 0 Å². The molecule has 2 aliphatic rings. The summed E-state index contributed by atoms with van der Waals surface area (Å²) in [6, 6.07) is 3.27. The lowest BCUT2D eigenvalue weighted by Crippen LogP contribution is -2.57. The third-order valence-electron chi connectivity index (χ3n) is 6.05. The van der Waals surface area contributed by atoms with Crippen LogP contribution < -0.4 is 15.5 Å². The maximum atomic E-state index is 13.6. The van der Waals surface area contributed by atoms with Gasteiger partial charge in [-0.2, -0.15) is 0 Å². The minimum atomic E-state index is -0.476. The van der Waals surface area contributed by atoms with Gasteiger partial charge in [-0.1, -0.05) is 32.3 Å². The van der Waals surface area contributed by atoms with Crippen LogP contribution in [0.3, 0.4) is 0 Å². The molecule has 2 heterocycles. The highest BCUT2D eigenvalue weighted by molar-refractivity contribution is 6.01. The van der Waals surface area contributed by atoms with Gasteiger partial charge in [-0.05, 0) is 57.2 Å². The molecule has 3 atom stereocenters. The van der Waals surface area contributed by atoms with Crippen molar-refractivity contribution in [2.45, 2.75) is 76.9 Å². The first-order chi connectivity index (χ1) is 13.1. The average molecular weight is 373 g/mol. The third kappa shape index (κ3) is 4.15. The van der Waals surface area contributed by atoms with Gasteiger partial charge in [0.25, 0.3) is 5.91 Å². The summed E-state index contributed by atoms with van der Waals surface area (Å²) >= 11 is 0. The van der Waals surface area contributed by atoms with Crippen LogP contribution in [0.4, 0.5) is 5.82 Å². The lowest BCUT2D eigenvalue weighted by atomic mass is 9.83. The number of pyridine rings is 1. The van der Waals surface area contributed by atoms with E-state index in [1.165, 1.54) is 6.42 Å². The molecule has 2 N–H and O–H groups in total. The van der Waals surface area contributed by atoms with Crippen molar-refractivity contribution in [3.63, 3.8) is 0 Å². The predicted octanol–water partition coefficient (Wildman–Crippen LogP) is 2.42. The number of hydrogen-bond donors (Lipinski definition) is 2. The van der Waals surface area contributed by atoms with Crippen LogP contribution in [-0.4, -0.2) is 42.0 Å². The molecule has 1 aliphatic heterocycles. The van der Waals surface area contributed by atoms with Gasteiger partial charge in [-0.3, -0.25) is 14.5 Å². The van der Waals surface area contributed by atoms with Gasteiger partial charge in [-0.25, -0.2) is 4.98 Å². The number of likely N-dealkylation sites (N-methyl/N-ethyl adjacent to an activating group) is 1. The van der Waals surface area contributed by atoms with E-state index in [1.807, 2.05) is 24.0 Å². The molecular formula is C21H32N4O2. The zero-order valence-corrected chi connectivity index (χ0v) is 16.7. The number of hydrogen-bond acceptors (Lipinski definition) is 4. The summed E-state index contributed by atoms with van der Waals surface area (Å²) in [5.41, 5.74) is 1.11. The maximum Gasteiger partial charge on any atom is 0.251 e. The maximum absolute atomic E-state index is 13.6. The number of anilines is 1. The van der Waals surface area contributed by atoms with Gasteiger partial charge >= 0.3 is 0 Å². The van der Waals surface area contributed by atoms with Crippen molar-refractivity contribution < 1.29 is 9.59 Å². The number of nitrogens with one attached hydrogen (secondary N) is 2. The lowest BCUT2D eigenvalue weighted by molar-refractivity contribution is -0.130. The van der Waals surface area contributed by atoms with E-state index in [2.05, 4.69) is 22.5 Å². The van der Waals surface area contributed by atoms with Gasteiger partial charge in [-0.15, -0.1) is 0 Å². The fourth-order valence-electron chi connectivity index (χ4n) is 4.52. The Hall–Kier alpha value is -1.95. The number of carbonyl (C=O) groups excluding carboxylic acids is 2. The molecule has 1 fully saturated rings. The van der Waals surface area contributed by atoms with Gasteiger partial charge in [0.1, 0.15) is 11.9 Å². The Kier molecular flexibility index (Phi) is 6.47. The Balaban J connectivity index is 1.85. The molecule has 6 heteroatoms. The van der Waals surface area contributed by atoms with E-state index in [9.17, 15) is 9.59 Å². The van der Waals surface area contributed by atoms with Crippen molar-refractivity contribution in [1.29, 1.82) is 0 Å². The van der Waals surface area contributed by atoms with Crippen LogP contribution in [0.15, 0.2) is 18.3 Å². The first-order valence-corrected chi connectivity index (χ1v) is 10.3. The Morgan fingerprint density at radius 2 is 2.04 bits per heavy atom. The lowest BCUT2D eigenvalue weighted by Gasteiger charge is -2.34. The summed E-state index contributed by atoms with van der Waals surface area (Å²) in [6.45, 7) is 4.03. The van der Waals surface area contributed by atoms with Crippen LogP contribution in [0.2, 0.25) is 0 Å². The van der Waals surface area contributed by atoms with Crippen LogP contribution >= 0.6 is 0 Å². The topological polar surface area (TPSA) is 74.3 Å². The summed E-state index contributed by atoms with van der Waals surface area (Å²) in [4.78, 5) is 32.6. The molecule has 0 saturated heterocycles. The Morgan fingerprint density at radius 1 is 1.30 bits per heavy atom. The smallest absolute Gasteiger partial charge is 0.251 e. The molecule has 0 bridgehead atoms. The largest absolute Gasteiger partial charge is 0.343 e. The molecule has 1 aromatic heterocycles. The number of amides is 2. The SMILES string of the molecule is CC[C@H](NC)C(=O)NC(C(=O)N1c2ncccc2CC1C)C1CCCCC1. The monoisotopic (exact) mass is 372 g/mol. The van der Waals surface area contributed by atoms with E-state index < -0.39 is 6.04 Å². The van der Waals surface area contributed by atoms with Crippen molar-refractivity contribution in [2.75, 3.05) is 11.9 Å². The first-order valence-electron chi connectivity index (χ1n) is 10.3. The van der Waals surface area contributed by atoms with Crippen LogP contribution in [0, 0.1) is 5.92 Å². The van der Waals surface area contributed by atoms with Gasteiger partial charge in [0, 0.05) is 12.2 Å². The Morgan fingerprint density at radius 3 is 2.70 bits per heavy atom. The second-order valence-electron chi connectivity index (χ2n) is 7.88. The molecular weight excluding hydrogens is 340 g/mol. The van der Waals surface area contributed by atoms with Crippen molar-refractivity contribution in [3.8, 4) is 0 Å². The molecule has 3 rings (SSSR count). The molecule has 2 unspecified atom stereocenters. The Bertz CT molecular complexity index is 668. The molecule has 27 heavy (non-hydrogen) atoms. The van der Waals surface area contributed by atoms with Crippen molar-refractivity contribution in [3.05, 3.63) is 23.9 Å². The summed E-state index contributed by atoms with van der Waals surface area (Å²) in [6.07, 6.45) is 8.68. The highest BCUT2D eigenvalue weighted by atomic mass is 16.2. The number of aromatic nitrogens is 1. The van der Waals surface area contributed by atoms with Crippen molar-refractivity contribution >= 4 is 17.6 Å². The van der Waals surface area contributed by atoms with E-state index in [-0.39, 0.29) is 29.8 Å². The number of fused-ring (bicyclic) bond motifs is 1. The van der Waals surface area contributed by atoms with E-state index in [4.69, 9.17) is 0 Å². The minimum absolute atomic E-state index is 0.00819. The molecule has 6 nitrogen and oxygen atoms in total. The van der Waals surface area contributed by atoms with Gasteiger partial charge in [0.05, 0.1) is 6.04 Å². The van der Waals surface area contributed by atoms with E-state index in [0.29, 0.717) is 6.42 Å². The van der Waals surface area contributed by atoms with Gasteiger partial charge in [0.15, 0.2) is 0 Å². The van der Waals surface area contributed by atoms with Crippen LogP contribution in [0.1, 0.15) is 57.9 Å². The van der Waals surface area contributed by atoms with Crippen molar-refractivity contribution in [2.24, 2.45) is 5.92 Å². The zero-order chi connectivity index (χ0) is 19.4. The van der Waals surface area contributed by atoms with Crippen LogP contribution in [0.25, 0.3) is 0 Å². The molecule has 0 spiro atoms. The average Bonchev–Trinajstić information content (AvgIpc) is 3.03. The third-order valence-corrected chi connectivity index (χ3v) is 6.05. The number of rotatable bonds is 6. The Labute approximate surface area is 162 Å². The van der Waals surface area contributed by atoms with Gasteiger partial charge < -0.3 is 10.6 Å². The van der Waals surface area contributed by atoms with E-state index in [0.717, 1.165) is 43.5 Å².